The third-order valence-corrected chi connectivity index (χ3v) is 7.43. The molecule has 0 atom stereocenters. The molecule has 2 N–H and O–H groups in total. The minimum absolute atomic E-state index is 0.0549. The zero-order chi connectivity index (χ0) is 25.8. The highest BCUT2D eigenvalue weighted by molar-refractivity contribution is 7.93. The molecule has 0 radical (unpaired) electrons. The molecule has 0 saturated carbocycles. The van der Waals surface area contributed by atoms with Crippen LogP contribution in [0.5, 0.6) is 11.5 Å². The minimum Gasteiger partial charge on any atom is -0.481 e. The molecule has 0 saturated heterocycles. The number of anilines is 1. The first-order valence-electron chi connectivity index (χ1n) is 10.4. The summed E-state index contributed by atoms with van der Waals surface area (Å²) in [5.74, 6) is -0.843. The van der Waals surface area contributed by atoms with Crippen molar-refractivity contribution in [2.24, 2.45) is 0 Å². The summed E-state index contributed by atoms with van der Waals surface area (Å²) < 4.78 is 33.7. The SMILES string of the molecule is CCNC(=O)c1ccc(Oc2ccc(CC(=O)O)cc2)c(N(C)S(=O)(=O)c2ccc(Cl)cc2Cl)c1. The van der Waals surface area contributed by atoms with Crippen LogP contribution in [0, 0.1) is 0 Å². The Morgan fingerprint density at radius 3 is 2.31 bits per heavy atom. The Labute approximate surface area is 213 Å². The van der Waals surface area contributed by atoms with E-state index in [1.165, 1.54) is 43.4 Å². The molecule has 1 amide bonds. The molecule has 0 aromatic heterocycles. The second-order valence-corrected chi connectivity index (χ2v) is 10.2. The van der Waals surface area contributed by atoms with E-state index in [1.54, 1.807) is 31.2 Å². The van der Waals surface area contributed by atoms with Crippen LogP contribution in [-0.4, -0.2) is 39.0 Å². The fourth-order valence-corrected chi connectivity index (χ4v) is 5.13. The highest BCUT2D eigenvalue weighted by Gasteiger charge is 2.27. The van der Waals surface area contributed by atoms with Crippen molar-refractivity contribution in [3.8, 4) is 11.5 Å². The van der Waals surface area contributed by atoms with Crippen LogP contribution in [-0.2, 0) is 21.2 Å². The summed E-state index contributed by atoms with van der Waals surface area (Å²) >= 11 is 12.1. The van der Waals surface area contributed by atoms with Gasteiger partial charge >= 0.3 is 5.97 Å². The quantitative estimate of drug-likeness (QED) is 0.398. The van der Waals surface area contributed by atoms with Crippen LogP contribution in [0.3, 0.4) is 0 Å². The summed E-state index contributed by atoms with van der Waals surface area (Å²) in [5, 5.41) is 11.8. The van der Waals surface area contributed by atoms with Gasteiger partial charge in [-0.05, 0) is 61.0 Å². The zero-order valence-corrected chi connectivity index (χ0v) is 21.1. The molecular weight excluding hydrogens is 515 g/mol. The number of hydrogen-bond acceptors (Lipinski definition) is 5. The number of aliphatic carboxylic acids is 1. The van der Waals surface area contributed by atoms with Crippen molar-refractivity contribution < 1.29 is 27.9 Å². The number of carbonyl (C=O) groups is 2. The van der Waals surface area contributed by atoms with E-state index in [0.717, 1.165) is 4.31 Å². The highest BCUT2D eigenvalue weighted by atomic mass is 35.5. The molecule has 11 heteroatoms. The van der Waals surface area contributed by atoms with Gasteiger partial charge in [0.15, 0.2) is 5.75 Å². The number of halogens is 2. The van der Waals surface area contributed by atoms with Crippen LogP contribution in [0.4, 0.5) is 5.69 Å². The number of sulfonamides is 1. The van der Waals surface area contributed by atoms with E-state index in [2.05, 4.69) is 5.32 Å². The van der Waals surface area contributed by atoms with Crippen molar-refractivity contribution in [2.75, 3.05) is 17.9 Å². The number of nitrogens with one attached hydrogen (secondary N) is 1. The van der Waals surface area contributed by atoms with Gasteiger partial charge in [0, 0.05) is 24.2 Å². The first kappa shape index (κ1) is 26.3. The topological polar surface area (TPSA) is 113 Å². The molecule has 0 bridgehead atoms. The molecule has 8 nitrogen and oxygen atoms in total. The standard InChI is InChI=1S/C24H22Cl2N2O6S/c1-3-27-24(31)16-6-10-21(34-18-8-4-15(5-9-18)12-23(29)30)20(13-16)28(2)35(32,33)22-11-7-17(25)14-19(22)26/h4-11,13-14H,3,12H2,1-2H3,(H,27,31)(H,29,30). The molecule has 0 unspecified atom stereocenters. The van der Waals surface area contributed by atoms with Gasteiger partial charge in [-0.15, -0.1) is 0 Å². The highest BCUT2D eigenvalue weighted by Crippen LogP contribution is 2.37. The van der Waals surface area contributed by atoms with Crippen molar-refractivity contribution in [1.82, 2.24) is 5.32 Å². The first-order valence-corrected chi connectivity index (χ1v) is 12.6. The van der Waals surface area contributed by atoms with Crippen molar-refractivity contribution in [3.05, 3.63) is 81.8 Å². The fourth-order valence-electron chi connectivity index (χ4n) is 3.19. The monoisotopic (exact) mass is 536 g/mol. The molecule has 0 aliphatic heterocycles. The average Bonchev–Trinajstić information content (AvgIpc) is 2.79. The third-order valence-electron chi connectivity index (χ3n) is 4.94. The number of carboxylic acid groups (broad SMARTS) is 1. The van der Waals surface area contributed by atoms with Gasteiger partial charge in [-0.25, -0.2) is 8.42 Å². The summed E-state index contributed by atoms with van der Waals surface area (Å²) in [6.45, 7) is 2.16. The number of carboxylic acids is 1. The summed E-state index contributed by atoms with van der Waals surface area (Å²) in [7, 11) is -2.84. The van der Waals surface area contributed by atoms with Gasteiger partial charge in [0.2, 0.25) is 0 Å². The van der Waals surface area contributed by atoms with E-state index in [-0.39, 0.29) is 44.3 Å². The second-order valence-electron chi connectivity index (χ2n) is 7.41. The van der Waals surface area contributed by atoms with E-state index < -0.39 is 16.0 Å². The Bertz CT molecular complexity index is 1360. The van der Waals surface area contributed by atoms with Crippen molar-refractivity contribution in [2.45, 2.75) is 18.2 Å². The largest absolute Gasteiger partial charge is 0.481 e. The second kappa shape index (κ2) is 11.0. The van der Waals surface area contributed by atoms with Crippen LogP contribution in [0.25, 0.3) is 0 Å². The molecule has 3 aromatic carbocycles. The van der Waals surface area contributed by atoms with Crippen LogP contribution < -0.4 is 14.4 Å². The predicted octanol–water partition coefficient (Wildman–Crippen LogP) is 4.99. The van der Waals surface area contributed by atoms with Gasteiger partial charge in [-0.2, -0.15) is 0 Å². The number of rotatable bonds is 9. The number of benzene rings is 3. The third kappa shape index (κ3) is 6.25. The normalized spacial score (nSPS) is 11.1. The smallest absolute Gasteiger partial charge is 0.307 e. The lowest BCUT2D eigenvalue weighted by Crippen LogP contribution is -2.28. The summed E-state index contributed by atoms with van der Waals surface area (Å²) in [4.78, 5) is 23.2. The first-order chi connectivity index (χ1) is 16.5. The zero-order valence-electron chi connectivity index (χ0n) is 18.8. The lowest BCUT2D eigenvalue weighted by molar-refractivity contribution is -0.136. The Balaban J connectivity index is 2.05. The molecule has 184 valence electrons. The van der Waals surface area contributed by atoms with Crippen molar-refractivity contribution >= 4 is 50.8 Å². The average molecular weight is 537 g/mol. The Morgan fingerprint density at radius 2 is 1.71 bits per heavy atom. The van der Waals surface area contributed by atoms with Crippen molar-refractivity contribution in [3.63, 3.8) is 0 Å². The lowest BCUT2D eigenvalue weighted by Gasteiger charge is -2.23. The van der Waals surface area contributed by atoms with Gasteiger partial charge in [0.1, 0.15) is 10.6 Å². The summed E-state index contributed by atoms with van der Waals surface area (Å²) in [6, 6.07) is 14.8. The molecule has 0 aliphatic rings. The molecule has 3 aromatic rings. The molecule has 35 heavy (non-hydrogen) atoms. The van der Waals surface area contributed by atoms with Gasteiger partial charge < -0.3 is 15.2 Å². The molecule has 3 rings (SSSR count). The Hall–Kier alpha value is -3.27. The van der Waals surface area contributed by atoms with Crippen molar-refractivity contribution in [1.29, 1.82) is 0 Å². The van der Waals surface area contributed by atoms with Gasteiger partial charge in [0.05, 0.1) is 17.1 Å². The predicted molar refractivity (Wildman–Crippen MR) is 134 cm³/mol. The van der Waals surface area contributed by atoms with Gasteiger partial charge in [-0.1, -0.05) is 35.3 Å². The van der Waals surface area contributed by atoms with Crippen LogP contribution in [0.2, 0.25) is 10.0 Å². The van der Waals surface area contributed by atoms with E-state index in [9.17, 15) is 18.0 Å². The fraction of sp³-hybridized carbons (Fsp3) is 0.167. The maximum absolute atomic E-state index is 13.4. The van der Waals surface area contributed by atoms with Crippen LogP contribution in [0.1, 0.15) is 22.8 Å². The van der Waals surface area contributed by atoms with E-state index in [4.69, 9.17) is 33.0 Å². The molecule has 0 spiro atoms. The number of amides is 1. The van der Waals surface area contributed by atoms with E-state index >= 15 is 0 Å². The van der Waals surface area contributed by atoms with Crippen LogP contribution in [0.15, 0.2) is 65.6 Å². The lowest BCUT2D eigenvalue weighted by atomic mass is 10.1. The molecule has 0 aliphatic carbocycles. The van der Waals surface area contributed by atoms with Crippen LogP contribution >= 0.6 is 23.2 Å². The Morgan fingerprint density at radius 1 is 1.03 bits per heavy atom. The maximum Gasteiger partial charge on any atom is 0.307 e. The van der Waals surface area contributed by atoms with E-state index in [0.29, 0.717) is 17.9 Å². The number of ether oxygens (including phenoxy) is 1. The maximum atomic E-state index is 13.4. The van der Waals surface area contributed by atoms with Gasteiger partial charge in [0.25, 0.3) is 15.9 Å². The molecular formula is C24H22Cl2N2O6S. The number of carbonyl (C=O) groups excluding carboxylic acids is 1. The summed E-state index contributed by atoms with van der Waals surface area (Å²) in [5.41, 5.74) is 0.901. The Kier molecular flexibility index (Phi) is 8.26. The molecule has 0 fully saturated rings. The summed E-state index contributed by atoms with van der Waals surface area (Å²) in [6.07, 6.45) is -0.143. The van der Waals surface area contributed by atoms with E-state index in [1.807, 2.05) is 0 Å². The minimum atomic E-state index is -4.16. The molecule has 0 heterocycles. The van der Waals surface area contributed by atoms with Gasteiger partial charge in [-0.3, -0.25) is 13.9 Å². The number of hydrogen-bond donors (Lipinski definition) is 2. The number of nitrogens with zero attached hydrogens (tertiary/aromatic N) is 1.